The van der Waals surface area contributed by atoms with E-state index in [1.54, 1.807) is 12.4 Å². The molecule has 0 aliphatic rings. The Labute approximate surface area is 75.9 Å². The van der Waals surface area contributed by atoms with Crippen molar-refractivity contribution in [2.75, 3.05) is 0 Å². The van der Waals surface area contributed by atoms with Crippen molar-refractivity contribution in [3.8, 4) is 0 Å². The number of hydrogen-bond donors (Lipinski definition) is 0. The van der Waals surface area contributed by atoms with Crippen molar-refractivity contribution in [2.45, 2.75) is 6.92 Å². The van der Waals surface area contributed by atoms with Gasteiger partial charge in [-0.2, -0.15) is 0 Å². The first-order valence-corrected chi connectivity index (χ1v) is 3.86. The van der Waals surface area contributed by atoms with E-state index in [-0.39, 0.29) is 0 Å². The van der Waals surface area contributed by atoms with E-state index in [0.29, 0.717) is 0 Å². The second-order valence-corrected chi connectivity index (χ2v) is 2.75. The maximum atomic E-state index is 10.5. The Morgan fingerprint density at radius 2 is 2.42 bits per heavy atom. The van der Waals surface area contributed by atoms with E-state index in [9.17, 15) is 4.79 Å². The number of allylic oxidation sites excluding steroid dienone is 2. The lowest BCUT2D eigenvalue weighted by molar-refractivity contribution is -0.107. The van der Waals surface area contributed by atoms with Crippen molar-refractivity contribution in [2.24, 2.45) is 0 Å². The Bertz CT molecular complexity index is 306. The summed E-state index contributed by atoms with van der Waals surface area (Å²) < 4.78 is 0. The summed E-state index contributed by atoms with van der Waals surface area (Å²) in [7, 11) is 0. The monoisotopic (exact) mass is 181 g/mol. The highest BCUT2D eigenvalue weighted by molar-refractivity contribution is 6.66. The standard InChI is InChI=1S/C9H8ClNO/c1-7(5-9(10)12)8-3-2-4-11-6-8/h2-6H,1H3. The van der Waals surface area contributed by atoms with Crippen LogP contribution in [0.5, 0.6) is 0 Å². The number of carbonyl (C=O) groups excluding carboxylic acids is 1. The summed E-state index contributed by atoms with van der Waals surface area (Å²) in [6.07, 6.45) is 4.74. The van der Waals surface area contributed by atoms with Crippen molar-refractivity contribution >= 4 is 22.4 Å². The van der Waals surface area contributed by atoms with Crippen LogP contribution in [0.15, 0.2) is 30.6 Å². The fourth-order valence-electron chi connectivity index (χ4n) is 0.850. The van der Waals surface area contributed by atoms with E-state index >= 15 is 0 Å². The predicted octanol–water partition coefficient (Wildman–Crippen LogP) is 2.25. The molecule has 0 saturated heterocycles. The topological polar surface area (TPSA) is 30.0 Å². The molecule has 0 unspecified atom stereocenters. The molecular formula is C9H8ClNO. The molecule has 0 bridgehead atoms. The number of rotatable bonds is 2. The molecule has 0 saturated carbocycles. The molecule has 0 aliphatic heterocycles. The fraction of sp³-hybridized carbons (Fsp3) is 0.111. The largest absolute Gasteiger partial charge is 0.276 e. The summed E-state index contributed by atoms with van der Waals surface area (Å²) in [6.45, 7) is 1.82. The molecule has 0 atom stereocenters. The van der Waals surface area contributed by atoms with Crippen LogP contribution in [0.4, 0.5) is 0 Å². The normalized spacial score (nSPS) is 11.3. The smallest absolute Gasteiger partial charge is 0.245 e. The molecule has 0 fully saturated rings. The van der Waals surface area contributed by atoms with Crippen LogP contribution in [0, 0.1) is 0 Å². The van der Waals surface area contributed by atoms with E-state index in [4.69, 9.17) is 11.6 Å². The average Bonchev–Trinajstić information content (AvgIpc) is 2.05. The van der Waals surface area contributed by atoms with Gasteiger partial charge >= 0.3 is 0 Å². The second-order valence-electron chi connectivity index (χ2n) is 2.37. The third-order valence-electron chi connectivity index (χ3n) is 1.45. The van der Waals surface area contributed by atoms with Gasteiger partial charge < -0.3 is 0 Å². The molecule has 0 aliphatic carbocycles. The second kappa shape index (κ2) is 4.02. The maximum Gasteiger partial charge on any atom is 0.245 e. The quantitative estimate of drug-likeness (QED) is 0.518. The summed E-state index contributed by atoms with van der Waals surface area (Å²) in [4.78, 5) is 14.4. The number of hydrogen-bond acceptors (Lipinski definition) is 2. The van der Waals surface area contributed by atoms with Crippen molar-refractivity contribution in [3.05, 3.63) is 36.2 Å². The van der Waals surface area contributed by atoms with Gasteiger partial charge in [0.05, 0.1) is 0 Å². The number of carbonyl (C=O) groups is 1. The third kappa shape index (κ3) is 2.47. The molecule has 1 aromatic heterocycles. The lowest BCUT2D eigenvalue weighted by Gasteiger charge is -1.97. The molecule has 2 nitrogen and oxygen atoms in total. The highest BCUT2D eigenvalue weighted by atomic mass is 35.5. The molecular weight excluding hydrogens is 174 g/mol. The number of halogens is 1. The van der Waals surface area contributed by atoms with Gasteiger partial charge in [-0.3, -0.25) is 9.78 Å². The first-order valence-electron chi connectivity index (χ1n) is 3.48. The molecule has 1 heterocycles. The molecule has 0 radical (unpaired) electrons. The van der Waals surface area contributed by atoms with E-state index < -0.39 is 5.24 Å². The number of nitrogens with zero attached hydrogens (tertiary/aromatic N) is 1. The highest BCUT2D eigenvalue weighted by Gasteiger charge is 1.96. The van der Waals surface area contributed by atoms with Crippen LogP contribution in [0.25, 0.3) is 5.57 Å². The Hall–Kier alpha value is -1.15. The van der Waals surface area contributed by atoms with Crippen LogP contribution in [0.3, 0.4) is 0 Å². The van der Waals surface area contributed by atoms with Gasteiger partial charge in [0.25, 0.3) is 0 Å². The zero-order chi connectivity index (χ0) is 8.97. The molecule has 1 rings (SSSR count). The summed E-state index contributed by atoms with van der Waals surface area (Å²) in [5.74, 6) is 0. The molecule has 0 aromatic carbocycles. The van der Waals surface area contributed by atoms with Crippen LogP contribution in [0.2, 0.25) is 0 Å². The van der Waals surface area contributed by atoms with E-state index in [2.05, 4.69) is 4.98 Å². The first kappa shape index (κ1) is 8.94. The van der Waals surface area contributed by atoms with Gasteiger partial charge in [0.2, 0.25) is 5.24 Å². The Kier molecular flexibility index (Phi) is 3.00. The Balaban J connectivity index is 2.93. The minimum Gasteiger partial charge on any atom is -0.276 e. The van der Waals surface area contributed by atoms with E-state index in [1.807, 2.05) is 19.1 Å². The average molecular weight is 182 g/mol. The van der Waals surface area contributed by atoms with Gasteiger partial charge in [0.15, 0.2) is 0 Å². The molecule has 62 valence electrons. The van der Waals surface area contributed by atoms with E-state index in [1.165, 1.54) is 6.08 Å². The Morgan fingerprint density at radius 3 is 2.92 bits per heavy atom. The van der Waals surface area contributed by atoms with Crippen LogP contribution in [-0.4, -0.2) is 10.2 Å². The lowest BCUT2D eigenvalue weighted by atomic mass is 10.1. The predicted molar refractivity (Wildman–Crippen MR) is 48.7 cm³/mol. The number of pyridine rings is 1. The minimum atomic E-state index is -0.462. The fourth-order valence-corrected chi connectivity index (χ4v) is 1.01. The maximum absolute atomic E-state index is 10.5. The zero-order valence-electron chi connectivity index (χ0n) is 6.62. The van der Waals surface area contributed by atoms with Crippen LogP contribution >= 0.6 is 11.6 Å². The Morgan fingerprint density at radius 1 is 1.67 bits per heavy atom. The number of aromatic nitrogens is 1. The van der Waals surface area contributed by atoms with Crippen molar-refractivity contribution in [1.29, 1.82) is 0 Å². The van der Waals surface area contributed by atoms with Crippen LogP contribution in [-0.2, 0) is 4.79 Å². The molecule has 0 spiro atoms. The van der Waals surface area contributed by atoms with Crippen molar-refractivity contribution in [3.63, 3.8) is 0 Å². The van der Waals surface area contributed by atoms with Gasteiger partial charge in [-0.05, 0) is 35.7 Å². The summed E-state index contributed by atoms with van der Waals surface area (Å²) in [6, 6.07) is 3.68. The first-order chi connectivity index (χ1) is 5.70. The molecule has 1 aromatic rings. The van der Waals surface area contributed by atoms with E-state index in [0.717, 1.165) is 11.1 Å². The zero-order valence-corrected chi connectivity index (χ0v) is 7.38. The van der Waals surface area contributed by atoms with Crippen molar-refractivity contribution < 1.29 is 4.79 Å². The van der Waals surface area contributed by atoms with Gasteiger partial charge in [-0.25, -0.2) is 0 Å². The molecule has 12 heavy (non-hydrogen) atoms. The third-order valence-corrected chi connectivity index (χ3v) is 1.56. The van der Waals surface area contributed by atoms with Gasteiger partial charge in [-0.1, -0.05) is 6.07 Å². The molecule has 0 N–H and O–H groups in total. The SMILES string of the molecule is CC(=CC(=O)Cl)c1cccnc1. The summed E-state index contributed by atoms with van der Waals surface area (Å²) in [5.41, 5.74) is 1.73. The van der Waals surface area contributed by atoms with Crippen molar-refractivity contribution in [1.82, 2.24) is 4.98 Å². The summed E-state index contributed by atoms with van der Waals surface area (Å²) >= 11 is 5.19. The highest BCUT2D eigenvalue weighted by Crippen LogP contribution is 2.11. The van der Waals surface area contributed by atoms with Gasteiger partial charge in [0.1, 0.15) is 0 Å². The summed E-state index contributed by atoms with van der Waals surface area (Å²) in [5, 5.41) is -0.462. The molecule has 0 amide bonds. The van der Waals surface area contributed by atoms with Crippen LogP contribution < -0.4 is 0 Å². The van der Waals surface area contributed by atoms with Gasteiger partial charge in [-0.15, -0.1) is 0 Å². The lowest BCUT2D eigenvalue weighted by Crippen LogP contribution is -1.84. The minimum absolute atomic E-state index is 0.462. The van der Waals surface area contributed by atoms with Crippen LogP contribution in [0.1, 0.15) is 12.5 Å². The molecule has 3 heteroatoms. The van der Waals surface area contributed by atoms with Gasteiger partial charge in [0, 0.05) is 18.5 Å².